The van der Waals surface area contributed by atoms with Crippen molar-refractivity contribution in [2.75, 3.05) is 24.1 Å². The van der Waals surface area contributed by atoms with Crippen molar-refractivity contribution in [2.24, 2.45) is 0 Å². The van der Waals surface area contributed by atoms with E-state index in [2.05, 4.69) is 30.1 Å². The van der Waals surface area contributed by atoms with E-state index < -0.39 is 0 Å². The molecular weight excluding hydrogens is 274 g/mol. The van der Waals surface area contributed by atoms with Gasteiger partial charge < -0.3 is 11.1 Å². The molecule has 0 unspecified atom stereocenters. The largest absolute Gasteiger partial charge is 0.399 e. The Morgan fingerprint density at radius 3 is 2.50 bits per heavy atom. The number of carbonyl (C=O) groups is 1. The zero-order chi connectivity index (χ0) is 15.9. The summed E-state index contributed by atoms with van der Waals surface area (Å²) in [5.74, 6) is -0.146. The minimum atomic E-state index is -0.146. The van der Waals surface area contributed by atoms with Gasteiger partial charge in [0, 0.05) is 23.5 Å². The number of hydrogen-bond donors (Lipinski definition) is 2. The van der Waals surface area contributed by atoms with Crippen molar-refractivity contribution in [1.29, 1.82) is 0 Å². The van der Waals surface area contributed by atoms with Crippen molar-refractivity contribution in [3.63, 3.8) is 0 Å². The fourth-order valence-corrected chi connectivity index (χ4v) is 2.34. The van der Waals surface area contributed by atoms with Crippen LogP contribution in [0.3, 0.4) is 0 Å². The summed E-state index contributed by atoms with van der Waals surface area (Å²) in [6.45, 7) is 7.20. The SMILES string of the molecule is CCN(CC)Cc1cccc(NC(=O)c2cccc(N)c2)c1. The smallest absolute Gasteiger partial charge is 0.255 e. The summed E-state index contributed by atoms with van der Waals surface area (Å²) >= 11 is 0. The highest BCUT2D eigenvalue weighted by Gasteiger charge is 2.07. The molecule has 0 radical (unpaired) electrons. The van der Waals surface area contributed by atoms with Crippen molar-refractivity contribution >= 4 is 17.3 Å². The molecule has 0 spiro atoms. The highest BCUT2D eigenvalue weighted by molar-refractivity contribution is 6.04. The molecule has 0 aliphatic heterocycles. The second-order valence-electron chi connectivity index (χ2n) is 5.24. The highest BCUT2D eigenvalue weighted by Crippen LogP contribution is 2.15. The number of anilines is 2. The Labute approximate surface area is 131 Å². The molecule has 116 valence electrons. The van der Waals surface area contributed by atoms with E-state index in [9.17, 15) is 4.79 Å². The first-order valence-electron chi connectivity index (χ1n) is 7.60. The lowest BCUT2D eigenvalue weighted by atomic mass is 10.1. The molecule has 0 atom stereocenters. The third-order valence-corrected chi connectivity index (χ3v) is 3.63. The lowest BCUT2D eigenvalue weighted by Gasteiger charge is -2.18. The predicted octanol–water partition coefficient (Wildman–Crippen LogP) is 3.36. The monoisotopic (exact) mass is 297 g/mol. The van der Waals surface area contributed by atoms with Gasteiger partial charge in [-0.2, -0.15) is 0 Å². The Morgan fingerprint density at radius 1 is 1.09 bits per heavy atom. The molecule has 0 bridgehead atoms. The summed E-state index contributed by atoms with van der Waals surface area (Å²) in [5.41, 5.74) is 8.86. The lowest BCUT2D eigenvalue weighted by Crippen LogP contribution is -2.22. The molecule has 0 aliphatic rings. The van der Waals surface area contributed by atoms with Gasteiger partial charge in [-0.15, -0.1) is 0 Å². The normalized spacial score (nSPS) is 10.7. The zero-order valence-electron chi connectivity index (χ0n) is 13.2. The van der Waals surface area contributed by atoms with Crippen molar-refractivity contribution in [1.82, 2.24) is 4.90 Å². The Hall–Kier alpha value is -2.33. The van der Waals surface area contributed by atoms with Gasteiger partial charge in [-0.1, -0.05) is 32.0 Å². The van der Waals surface area contributed by atoms with Crippen LogP contribution in [-0.4, -0.2) is 23.9 Å². The summed E-state index contributed by atoms with van der Waals surface area (Å²) < 4.78 is 0. The van der Waals surface area contributed by atoms with E-state index in [1.54, 1.807) is 24.3 Å². The second kappa shape index (κ2) is 7.61. The minimum absolute atomic E-state index is 0.146. The van der Waals surface area contributed by atoms with Crippen LogP contribution < -0.4 is 11.1 Å². The lowest BCUT2D eigenvalue weighted by molar-refractivity contribution is 0.102. The number of rotatable bonds is 6. The van der Waals surface area contributed by atoms with Crippen molar-refractivity contribution < 1.29 is 4.79 Å². The van der Waals surface area contributed by atoms with E-state index in [-0.39, 0.29) is 5.91 Å². The molecular formula is C18H23N3O. The van der Waals surface area contributed by atoms with Crippen LogP contribution >= 0.6 is 0 Å². The Kier molecular flexibility index (Phi) is 5.55. The van der Waals surface area contributed by atoms with Gasteiger partial charge >= 0.3 is 0 Å². The van der Waals surface area contributed by atoms with Gasteiger partial charge in [0.15, 0.2) is 0 Å². The average Bonchev–Trinajstić information content (AvgIpc) is 2.53. The number of carbonyl (C=O) groups excluding carboxylic acids is 1. The molecule has 0 saturated heterocycles. The third-order valence-electron chi connectivity index (χ3n) is 3.63. The van der Waals surface area contributed by atoms with Crippen LogP contribution in [0.2, 0.25) is 0 Å². The first kappa shape index (κ1) is 16.0. The zero-order valence-corrected chi connectivity index (χ0v) is 13.2. The van der Waals surface area contributed by atoms with E-state index in [0.717, 1.165) is 25.3 Å². The topological polar surface area (TPSA) is 58.4 Å². The molecule has 3 N–H and O–H groups in total. The van der Waals surface area contributed by atoms with E-state index in [1.807, 2.05) is 18.2 Å². The number of nitrogens with one attached hydrogen (secondary N) is 1. The summed E-state index contributed by atoms with van der Waals surface area (Å²) in [5, 5.41) is 2.92. The summed E-state index contributed by atoms with van der Waals surface area (Å²) in [6, 6.07) is 14.9. The van der Waals surface area contributed by atoms with Gasteiger partial charge in [-0.25, -0.2) is 0 Å². The van der Waals surface area contributed by atoms with Gasteiger partial charge in [0.25, 0.3) is 5.91 Å². The Bertz CT molecular complexity index is 636. The predicted molar refractivity (Wildman–Crippen MR) is 91.9 cm³/mol. The summed E-state index contributed by atoms with van der Waals surface area (Å²) in [6.07, 6.45) is 0. The van der Waals surface area contributed by atoms with Gasteiger partial charge in [0.1, 0.15) is 0 Å². The number of nitrogen functional groups attached to an aromatic ring is 1. The molecule has 2 rings (SSSR count). The van der Waals surface area contributed by atoms with Crippen LogP contribution in [0.25, 0.3) is 0 Å². The molecule has 0 heterocycles. The number of benzene rings is 2. The van der Waals surface area contributed by atoms with E-state index in [4.69, 9.17) is 5.73 Å². The maximum absolute atomic E-state index is 12.2. The Morgan fingerprint density at radius 2 is 1.82 bits per heavy atom. The van der Waals surface area contributed by atoms with Crippen LogP contribution in [-0.2, 0) is 6.54 Å². The third kappa shape index (κ3) is 4.33. The molecule has 0 saturated carbocycles. The number of amides is 1. The molecule has 4 heteroatoms. The van der Waals surface area contributed by atoms with E-state index >= 15 is 0 Å². The molecule has 2 aromatic carbocycles. The highest BCUT2D eigenvalue weighted by atomic mass is 16.1. The fourth-order valence-electron chi connectivity index (χ4n) is 2.34. The van der Waals surface area contributed by atoms with Gasteiger partial charge in [-0.05, 0) is 49.0 Å². The van der Waals surface area contributed by atoms with Crippen molar-refractivity contribution in [2.45, 2.75) is 20.4 Å². The van der Waals surface area contributed by atoms with Crippen LogP contribution in [0.15, 0.2) is 48.5 Å². The van der Waals surface area contributed by atoms with Gasteiger partial charge in [-0.3, -0.25) is 9.69 Å². The van der Waals surface area contributed by atoms with Crippen LogP contribution in [0.5, 0.6) is 0 Å². The van der Waals surface area contributed by atoms with E-state index in [1.165, 1.54) is 5.56 Å². The molecule has 1 amide bonds. The number of nitrogens with two attached hydrogens (primary N) is 1. The van der Waals surface area contributed by atoms with Crippen molar-refractivity contribution in [3.8, 4) is 0 Å². The standard InChI is InChI=1S/C18H23N3O/c1-3-21(4-2)13-14-7-5-10-17(11-14)20-18(22)15-8-6-9-16(19)12-15/h5-12H,3-4,13,19H2,1-2H3,(H,20,22). The van der Waals surface area contributed by atoms with E-state index in [0.29, 0.717) is 11.3 Å². The quantitative estimate of drug-likeness (QED) is 0.804. The molecule has 4 nitrogen and oxygen atoms in total. The van der Waals surface area contributed by atoms with Crippen LogP contribution in [0.4, 0.5) is 11.4 Å². The van der Waals surface area contributed by atoms with Crippen LogP contribution in [0, 0.1) is 0 Å². The Balaban J connectivity index is 2.08. The maximum atomic E-state index is 12.2. The minimum Gasteiger partial charge on any atom is -0.399 e. The second-order valence-corrected chi connectivity index (χ2v) is 5.24. The first-order chi connectivity index (χ1) is 10.6. The van der Waals surface area contributed by atoms with Crippen LogP contribution in [0.1, 0.15) is 29.8 Å². The maximum Gasteiger partial charge on any atom is 0.255 e. The molecule has 22 heavy (non-hydrogen) atoms. The molecule has 0 aliphatic carbocycles. The number of nitrogens with zero attached hydrogens (tertiary/aromatic N) is 1. The van der Waals surface area contributed by atoms with Gasteiger partial charge in [0.05, 0.1) is 0 Å². The fraction of sp³-hybridized carbons (Fsp3) is 0.278. The molecule has 2 aromatic rings. The molecule has 0 aromatic heterocycles. The summed E-state index contributed by atoms with van der Waals surface area (Å²) in [4.78, 5) is 14.6. The number of hydrogen-bond acceptors (Lipinski definition) is 3. The van der Waals surface area contributed by atoms with Crippen molar-refractivity contribution in [3.05, 3.63) is 59.7 Å². The first-order valence-corrected chi connectivity index (χ1v) is 7.60. The van der Waals surface area contributed by atoms with Gasteiger partial charge in [0.2, 0.25) is 0 Å². The summed E-state index contributed by atoms with van der Waals surface area (Å²) in [7, 11) is 0. The average molecular weight is 297 g/mol. The molecule has 0 fully saturated rings.